The number of hydrogen-bond acceptors (Lipinski definition) is 6. The summed E-state index contributed by atoms with van der Waals surface area (Å²) in [6, 6.07) is 2.95. The molecule has 0 bridgehead atoms. The van der Waals surface area contributed by atoms with Gasteiger partial charge in [-0.15, -0.1) is 0 Å². The Balaban J connectivity index is 1.87. The predicted octanol–water partition coefficient (Wildman–Crippen LogP) is 1.45. The highest BCUT2D eigenvalue weighted by atomic mass is 32.2. The van der Waals surface area contributed by atoms with Gasteiger partial charge in [0.05, 0.1) is 11.4 Å². The second-order valence-corrected chi connectivity index (χ2v) is 9.82. The summed E-state index contributed by atoms with van der Waals surface area (Å²) in [5, 5.41) is 11.9. The van der Waals surface area contributed by atoms with E-state index >= 15 is 0 Å². The molecule has 0 aromatic heterocycles. The summed E-state index contributed by atoms with van der Waals surface area (Å²) in [5.74, 6) is -1.23. The molecule has 172 valence electrons. The first-order chi connectivity index (χ1) is 14.4. The minimum Gasteiger partial charge on any atom is -0.488 e. The smallest absolute Gasteiger partial charge is 0.324 e. The number of amides is 3. The summed E-state index contributed by atoms with van der Waals surface area (Å²) in [7, 11) is -3.63. The van der Waals surface area contributed by atoms with E-state index in [2.05, 4.69) is 10.0 Å². The van der Waals surface area contributed by atoms with Crippen molar-refractivity contribution in [3.05, 3.63) is 41.7 Å². The number of carbonyl (C=O) groups is 2. The van der Waals surface area contributed by atoms with E-state index in [9.17, 15) is 27.5 Å². The van der Waals surface area contributed by atoms with Crippen LogP contribution in [0.1, 0.15) is 38.8 Å². The van der Waals surface area contributed by atoms with Crippen molar-refractivity contribution < 1.29 is 32.2 Å². The van der Waals surface area contributed by atoms with E-state index in [0.29, 0.717) is 5.56 Å². The van der Waals surface area contributed by atoms with Gasteiger partial charge in [-0.2, -0.15) is 0 Å². The fourth-order valence-electron chi connectivity index (χ4n) is 2.72. The molecule has 1 fully saturated rings. The van der Waals surface area contributed by atoms with Crippen LogP contribution in [0.4, 0.5) is 9.18 Å². The van der Waals surface area contributed by atoms with Crippen molar-refractivity contribution in [3.63, 3.8) is 0 Å². The van der Waals surface area contributed by atoms with Gasteiger partial charge in [-0.3, -0.25) is 10.1 Å². The number of ether oxygens (including phenoxy) is 1. The maximum atomic E-state index is 13.9. The Labute approximate surface area is 181 Å². The standard InChI is InChI=1S/C20H28FN3O6S/c1-14(15-7-8-16(21)17(11-15)30-13-20(2,3)27)23-31(28,29)10-6-4-5-9-24-12-18(25)22-19(24)26/h4-5,7-8,11,14,23,27H,6,9-10,12-13H2,1-3H3,(H,22,25,26)/b5-4+. The number of imide groups is 1. The topological polar surface area (TPSA) is 125 Å². The Hall–Kier alpha value is -2.50. The summed E-state index contributed by atoms with van der Waals surface area (Å²) in [4.78, 5) is 23.8. The molecule has 1 aliphatic heterocycles. The molecule has 1 atom stereocenters. The number of allylic oxidation sites excluding steroid dienone is 1. The van der Waals surface area contributed by atoms with Gasteiger partial charge in [0.2, 0.25) is 15.9 Å². The second kappa shape index (κ2) is 10.2. The number of halogens is 1. The Morgan fingerprint density at radius 3 is 2.68 bits per heavy atom. The Morgan fingerprint density at radius 1 is 1.35 bits per heavy atom. The van der Waals surface area contributed by atoms with Crippen molar-refractivity contribution in [1.29, 1.82) is 0 Å². The third-order valence-electron chi connectivity index (χ3n) is 4.31. The van der Waals surface area contributed by atoms with Gasteiger partial charge in [0.1, 0.15) is 13.2 Å². The van der Waals surface area contributed by atoms with Crippen LogP contribution in [-0.4, -0.2) is 61.4 Å². The molecule has 1 unspecified atom stereocenters. The molecule has 0 spiro atoms. The fourth-order valence-corrected chi connectivity index (χ4v) is 3.96. The van der Waals surface area contributed by atoms with Crippen molar-refractivity contribution in [3.8, 4) is 5.75 Å². The van der Waals surface area contributed by atoms with E-state index in [1.807, 2.05) is 0 Å². The lowest BCUT2D eigenvalue weighted by Gasteiger charge is -2.19. The van der Waals surface area contributed by atoms with Crippen LogP contribution in [0.2, 0.25) is 0 Å². The summed E-state index contributed by atoms with van der Waals surface area (Å²) in [5.41, 5.74) is -0.631. The van der Waals surface area contributed by atoms with Crippen LogP contribution in [-0.2, 0) is 14.8 Å². The van der Waals surface area contributed by atoms with E-state index in [0.717, 1.165) is 0 Å². The molecule has 0 aliphatic carbocycles. The lowest BCUT2D eigenvalue weighted by atomic mass is 10.1. The molecule has 0 saturated carbocycles. The van der Waals surface area contributed by atoms with E-state index < -0.39 is 33.5 Å². The lowest BCUT2D eigenvalue weighted by Crippen LogP contribution is -2.29. The minimum absolute atomic E-state index is 0.0142. The predicted molar refractivity (Wildman–Crippen MR) is 112 cm³/mol. The molecule has 11 heteroatoms. The largest absolute Gasteiger partial charge is 0.488 e. The fraction of sp³-hybridized carbons (Fsp3) is 0.500. The average Bonchev–Trinajstić information content (AvgIpc) is 2.96. The summed E-state index contributed by atoms with van der Waals surface area (Å²) in [6.07, 6.45) is 3.47. The highest BCUT2D eigenvalue weighted by Crippen LogP contribution is 2.24. The van der Waals surface area contributed by atoms with Gasteiger partial charge in [-0.05, 0) is 44.9 Å². The van der Waals surface area contributed by atoms with Gasteiger partial charge in [-0.1, -0.05) is 18.2 Å². The van der Waals surface area contributed by atoms with Crippen molar-refractivity contribution in [1.82, 2.24) is 14.9 Å². The van der Waals surface area contributed by atoms with Crippen LogP contribution in [0, 0.1) is 5.82 Å². The summed E-state index contributed by atoms with van der Waals surface area (Å²) in [6.45, 7) is 4.76. The van der Waals surface area contributed by atoms with Crippen LogP contribution >= 0.6 is 0 Å². The highest BCUT2D eigenvalue weighted by Gasteiger charge is 2.25. The van der Waals surface area contributed by atoms with Crippen LogP contribution < -0.4 is 14.8 Å². The number of nitrogens with one attached hydrogen (secondary N) is 2. The number of aliphatic hydroxyl groups is 1. The molecule has 31 heavy (non-hydrogen) atoms. The Kier molecular flexibility index (Phi) is 8.15. The maximum absolute atomic E-state index is 13.9. The molecule has 3 N–H and O–H groups in total. The molecule has 1 aromatic rings. The molecule has 3 amide bonds. The zero-order valence-electron chi connectivity index (χ0n) is 17.7. The van der Waals surface area contributed by atoms with Crippen LogP contribution in [0.15, 0.2) is 30.4 Å². The van der Waals surface area contributed by atoms with Gasteiger partial charge in [0, 0.05) is 12.6 Å². The van der Waals surface area contributed by atoms with Gasteiger partial charge >= 0.3 is 6.03 Å². The van der Waals surface area contributed by atoms with Gasteiger partial charge in [0.15, 0.2) is 11.6 Å². The molecular weight excluding hydrogens is 429 g/mol. The number of rotatable bonds is 11. The molecule has 0 radical (unpaired) electrons. The van der Waals surface area contributed by atoms with Gasteiger partial charge in [-0.25, -0.2) is 22.3 Å². The maximum Gasteiger partial charge on any atom is 0.324 e. The van der Waals surface area contributed by atoms with Crippen molar-refractivity contribution in [2.24, 2.45) is 0 Å². The normalized spacial score (nSPS) is 16.1. The number of hydrogen-bond donors (Lipinski definition) is 3. The van der Waals surface area contributed by atoms with Gasteiger partial charge in [0.25, 0.3) is 0 Å². The van der Waals surface area contributed by atoms with Crippen LogP contribution in [0.3, 0.4) is 0 Å². The molecule has 1 heterocycles. The van der Waals surface area contributed by atoms with Crippen LogP contribution in [0.25, 0.3) is 0 Å². The number of nitrogens with zero attached hydrogens (tertiary/aromatic N) is 1. The molecule has 9 nitrogen and oxygen atoms in total. The number of urea groups is 1. The third kappa shape index (κ3) is 8.27. The first-order valence-corrected chi connectivity index (χ1v) is 11.4. The molecule has 1 saturated heterocycles. The number of carbonyl (C=O) groups excluding carboxylic acids is 2. The van der Waals surface area contributed by atoms with Gasteiger partial charge < -0.3 is 14.7 Å². The van der Waals surface area contributed by atoms with Crippen molar-refractivity contribution in [2.45, 2.75) is 38.8 Å². The average molecular weight is 458 g/mol. The third-order valence-corrected chi connectivity index (χ3v) is 5.79. The van der Waals surface area contributed by atoms with E-state index in [1.54, 1.807) is 19.1 Å². The Bertz CT molecular complexity index is 943. The number of sulfonamides is 1. The summed E-state index contributed by atoms with van der Waals surface area (Å²) >= 11 is 0. The molecule has 1 aromatic carbocycles. The number of benzene rings is 1. The summed E-state index contributed by atoms with van der Waals surface area (Å²) < 4.78 is 46.4. The first kappa shape index (κ1) is 24.8. The SMILES string of the molecule is CC(NS(=O)(=O)CC/C=C/CN1CC(=O)NC1=O)c1ccc(F)c(OCC(C)(C)O)c1. The molecular formula is C20H28FN3O6S. The van der Waals surface area contributed by atoms with Crippen molar-refractivity contribution >= 4 is 22.0 Å². The van der Waals surface area contributed by atoms with E-state index in [-0.39, 0.29) is 43.5 Å². The highest BCUT2D eigenvalue weighted by molar-refractivity contribution is 7.89. The van der Waals surface area contributed by atoms with E-state index in [4.69, 9.17) is 4.74 Å². The minimum atomic E-state index is -3.63. The van der Waals surface area contributed by atoms with Crippen LogP contribution in [0.5, 0.6) is 5.75 Å². The van der Waals surface area contributed by atoms with E-state index in [1.165, 1.54) is 36.9 Å². The second-order valence-electron chi connectivity index (χ2n) is 7.94. The molecule has 2 rings (SSSR count). The van der Waals surface area contributed by atoms with Crippen molar-refractivity contribution in [2.75, 3.05) is 25.4 Å². The zero-order valence-corrected chi connectivity index (χ0v) is 18.5. The monoisotopic (exact) mass is 457 g/mol. The Morgan fingerprint density at radius 2 is 2.06 bits per heavy atom. The first-order valence-electron chi connectivity index (χ1n) is 9.75. The zero-order chi connectivity index (χ0) is 23.2. The quantitative estimate of drug-likeness (QED) is 0.341. The lowest BCUT2D eigenvalue weighted by molar-refractivity contribution is -0.118. The molecule has 1 aliphatic rings.